The summed E-state index contributed by atoms with van der Waals surface area (Å²) in [6, 6.07) is 7.43. The molecule has 4 nitrogen and oxygen atoms in total. The summed E-state index contributed by atoms with van der Waals surface area (Å²) in [5.41, 5.74) is 0.919. The van der Waals surface area contributed by atoms with Crippen molar-refractivity contribution in [3.63, 3.8) is 0 Å². The van der Waals surface area contributed by atoms with E-state index in [-0.39, 0.29) is 11.9 Å². The maximum atomic E-state index is 11.7. The van der Waals surface area contributed by atoms with Gasteiger partial charge in [0.25, 0.3) is 0 Å². The molecule has 19 heavy (non-hydrogen) atoms. The molecule has 0 fully saturated rings. The van der Waals surface area contributed by atoms with E-state index < -0.39 is 0 Å². The number of hydrogen-bond acceptors (Lipinski definition) is 3. The topological polar surface area (TPSA) is 50.4 Å². The summed E-state index contributed by atoms with van der Waals surface area (Å²) in [4.78, 5) is 11.7. The molecule has 106 valence electrons. The van der Waals surface area contributed by atoms with Crippen LogP contribution in [0.15, 0.2) is 24.3 Å². The quantitative estimate of drug-likeness (QED) is 0.759. The fourth-order valence-electron chi connectivity index (χ4n) is 1.58. The maximum Gasteiger partial charge on any atom is 0.242 e. The van der Waals surface area contributed by atoms with Crippen molar-refractivity contribution in [2.45, 2.75) is 39.7 Å². The van der Waals surface area contributed by atoms with Gasteiger partial charge in [-0.1, -0.05) is 13.8 Å². The van der Waals surface area contributed by atoms with Crippen molar-refractivity contribution < 1.29 is 9.53 Å². The van der Waals surface area contributed by atoms with Crippen LogP contribution in [0.4, 0.5) is 5.69 Å². The Morgan fingerprint density at radius 2 is 1.89 bits per heavy atom. The van der Waals surface area contributed by atoms with Crippen LogP contribution in [-0.2, 0) is 4.79 Å². The van der Waals surface area contributed by atoms with Gasteiger partial charge in [0, 0.05) is 12.2 Å². The predicted molar refractivity (Wildman–Crippen MR) is 78.6 cm³/mol. The molecule has 0 bridgehead atoms. The molecule has 0 saturated heterocycles. The highest BCUT2D eigenvalue weighted by Gasteiger charge is 2.11. The van der Waals surface area contributed by atoms with Crippen LogP contribution in [0, 0.1) is 0 Å². The molecule has 1 unspecified atom stereocenters. The Bertz CT molecular complexity index is 376. The van der Waals surface area contributed by atoms with Gasteiger partial charge in [-0.2, -0.15) is 0 Å². The van der Waals surface area contributed by atoms with Crippen molar-refractivity contribution >= 4 is 11.6 Å². The van der Waals surface area contributed by atoms with Gasteiger partial charge < -0.3 is 15.4 Å². The zero-order valence-corrected chi connectivity index (χ0v) is 12.0. The van der Waals surface area contributed by atoms with Crippen molar-refractivity contribution in [3.05, 3.63) is 24.3 Å². The number of benzene rings is 1. The van der Waals surface area contributed by atoms with E-state index in [0.717, 1.165) is 30.9 Å². The molecule has 0 aromatic heterocycles. The summed E-state index contributed by atoms with van der Waals surface area (Å²) in [6.07, 6.45) is 1.94. The molecule has 1 rings (SSSR count). The highest BCUT2D eigenvalue weighted by molar-refractivity contribution is 5.84. The lowest BCUT2D eigenvalue weighted by molar-refractivity contribution is -0.121. The van der Waals surface area contributed by atoms with Gasteiger partial charge >= 0.3 is 0 Å². The lowest BCUT2D eigenvalue weighted by Gasteiger charge is -2.15. The van der Waals surface area contributed by atoms with Crippen LogP contribution in [0.3, 0.4) is 0 Å². The summed E-state index contributed by atoms with van der Waals surface area (Å²) >= 11 is 0. The number of ether oxygens (including phenoxy) is 1. The molecule has 0 spiro atoms. The van der Waals surface area contributed by atoms with Gasteiger partial charge in [-0.05, 0) is 44.0 Å². The van der Waals surface area contributed by atoms with E-state index in [9.17, 15) is 4.79 Å². The summed E-state index contributed by atoms with van der Waals surface area (Å²) in [5.74, 6) is 0.878. The second-order valence-corrected chi connectivity index (χ2v) is 4.53. The van der Waals surface area contributed by atoms with Crippen LogP contribution in [0.5, 0.6) is 5.75 Å². The number of hydrogen-bond donors (Lipinski definition) is 2. The lowest BCUT2D eigenvalue weighted by Crippen LogP contribution is -2.37. The van der Waals surface area contributed by atoms with E-state index >= 15 is 0 Å². The Labute approximate surface area is 115 Å². The molecule has 0 aliphatic heterocycles. The van der Waals surface area contributed by atoms with Crippen LogP contribution in [0.2, 0.25) is 0 Å². The Morgan fingerprint density at radius 1 is 1.21 bits per heavy atom. The molecule has 0 radical (unpaired) electrons. The molecule has 1 aromatic carbocycles. The minimum atomic E-state index is -0.242. The van der Waals surface area contributed by atoms with Crippen molar-refractivity contribution in [2.75, 3.05) is 18.5 Å². The van der Waals surface area contributed by atoms with E-state index in [1.165, 1.54) is 0 Å². The first-order valence-electron chi connectivity index (χ1n) is 6.94. The summed E-state index contributed by atoms with van der Waals surface area (Å²) in [5, 5.41) is 6.03. The van der Waals surface area contributed by atoms with Gasteiger partial charge in [0.05, 0.1) is 6.61 Å². The Balaban J connectivity index is 2.45. The Kier molecular flexibility index (Phi) is 6.79. The third-order valence-electron chi connectivity index (χ3n) is 2.65. The van der Waals surface area contributed by atoms with E-state index in [1.54, 1.807) is 0 Å². The van der Waals surface area contributed by atoms with Crippen molar-refractivity contribution in [1.29, 1.82) is 0 Å². The van der Waals surface area contributed by atoms with E-state index in [4.69, 9.17) is 4.74 Å². The zero-order chi connectivity index (χ0) is 14.1. The average molecular weight is 264 g/mol. The second kappa shape index (κ2) is 8.40. The number of carbonyl (C=O) groups is 1. The molecule has 2 N–H and O–H groups in total. The van der Waals surface area contributed by atoms with E-state index in [0.29, 0.717) is 6.54 Å². The third kappa shape index (κ3) is 5.64. The van der Waals surface area contributed by atoms with Gasteiger partial charge in [-0.15, -0.1) is 0 Å². The van der Waals surface area contributed by atoms with Crippen LogP contribution in [0.1, 0.15) is 33.6 Å². The van der Waals surface area contributed by atoms with Crippen LogP contribution < -0.4 is 15.4 Å². The van der Waals surface area contributed by atoms with Gasteiger partial charge in [0.2, 0.25) is 5.91 Å². The number of amides is 1. The van der Waals surface area contributed by atoms with Gasteiger partial charge in [-0.3, -0.25) is 4.79 Å². The molecular formula is C15H24N2O2. The summed E-state index contributed by atoms with van der Waals surface area (Å²) < 4.78 is 5.51. The lowest BCUT2D eigenvalue weighted by atomic mass is 10.2. The van der Waals surface area contributed by atoms with Gasteiger partial charge in [0.1, 0.15) is 11.8 Å². The Morgan fingerprint density at radius 3 is 2.47 bits per heavy atom. The number of carbonyl (C=O) groups excluding carboxylic acids is 1. The molecule has 0 aliphatic rings. The van der Waals surface area contributed by atoms with Crippen LogP contribution in [0.25, 0.3) is 0 Å². The first kappa shape index (κ1) is 15.3. The molecule has 0 aliphatic carbocycles. The van der Waals surface area contributed by atoms with Crippen molar-refractivity contribution in [2.24, 2.45) is 0 Å². The monoisotopic (exact) mass is 264 g/mol. The van der Waals surface area contributed by atoms with Gasteiger partial charge in [-0.25, -0.2) is 0 Å². The van der Waals surface area contributed by atoms with Crippen molar-refractivity contribution in [1.82, 2.24) is 5.32 Å². The first-order valence-corrected chi connectivity index (χ1v) is 6.94. The number of nitrogens with one attached hydrogen (secondary N) is 2. The van der Waals surface area contributed by atoms with Crippen LogP contribution in [-0.4, -0.2) is 25.1 Å². The number of rotatable bonds is 8. The smallest absolute Gasteiger partial charge is 0.242 e. The fourth-order valence-corrected chi connectivity index (χ4v) is 1.58. The van der Waals surface area contributed by atoms with E-state index in [1.807, 2.05) is 38.1 Å². The van der Waals surface area contributed by atoms with Crippen molar-refractivity contribution in [3.8, 4) is 5.75 Å². The van der Waals surface area contributed by atoms with Gasteiger partial charge in [0.15, 0.2) is 0 Å². The minimum Gasteiger partial charge on any atom is -0.494 e. The highest BCUT2D eigenvalue weighted by Crippen LogP contribution is 2.16. The standard InChI is InChI=1S/C15H24N2O2/c1-4-10-16-15(18)12(3)17-13-6-8-14(9-7-13)19-11-5-2/h6-9,12,17H,4-5,10-11H2,1-3H3,(H,16,18). The predicted octanol–water partition coefficient (Wildman–Crippen LogP) is 2.80. The molecule has 1 atom stereocenters. The second-order valence-electron chi connectivity index (χ2n) is 4.53. The zero-order valence-electron chi connectivity index (χ0n) is 12.0. The van der Waals surface area contributed by atoms with Crippen LogP contribution >= 0.6 is 0 Å². The third-order valence-corrected chi connectivity index (χ3v) is 2.65. The molecule has 0 heterocycles. The molecular weight excluding hydrogens is 240 g/mol. The minimum absolute atomic E-state index is 0.0214. The first-order chi connectivity index (χ1) is 9.17. The highest BCUT2D eigenvalue weighted by atomic mass is 16.5. The SMILES string of the molecule is CCCNC(=O)C(C)Nc1ccc(OCCC)cc1. The average Bonchev–Trinajstić information content (AvgIpc) is 2.43. The largest absolute Gasteiger partial charge is 0.494 e. The molecule has 4 heteroatoms. The molecule has 1 amide bonds. The summed E-state index contributed by atoms with van der Waals surface area (Å²) in [6.45, 7) is 7.41. The normalized spacial score (nSPS) is 11.7. The molecule has 0 saturated carbocycles. The Hall–Kier alpha value is -1.71. The van der Waals surface area contributed by atoms with E-state index in [2.05, 4.69) is 17.6 Å². The molecule has 1 aromatic rings. The summed E-state index contributed by atoms with van der Waals surface area (Å²) in [7, 11) is 0. The maximum absolute atomic E-state index is 11.7. The fraction of sp³-hybridized carbons (Fsp3) is 0.533. The number of anilines is 1.